The summed E-state index contributed by atoms with van der Waals surface area (Å²) in [5.41, 5.74) is 1.40. The monoisotopic (exact) mass is 324 g/mol. The highest BCUT2D eigenvalue weighted by Crippen LogP contribution is 2.46. The summed E-state index contributed by atoms with van der Waals surface area (Å²) in [4.78, 5) is 4.72. The third-order valence-electron chi connectivity index (χ3n) is 5.72. The standard InChI is InChI=1S/C18H26ClFN2/c1-21(10-9-20)12-17-16(13-3-5-14(19)6-4-13)11-15-7-8-18(17)22(15)2/h3-6,15-18H,7-12H2,1-2H3/t15-,16+,17-,18+/m0/s1. The van der Waals surface area contributed by atoms with E-state index in [0.29, 0.717) is 30.5 Å². The SMILES string of the molecule is CN(CCF)C[C@H]1[C@@H](c2ccc(Cl)cc2)C[C@@H]2CC[C@H]1N2C. The molecule has 22 heavy (non-hydrogen) atoms. The minimum absolute atomic E-state index is 0.266. The smallest absolute Gasteiger partial charge is 0.102 e. The molecule has 0 radical (unpaired) electrons. The Hall–Kier alpha value is -0.640. The van der Waals surface area contributed by atoms with E-state index in [0.717, 1.165) is 11.6 Å². The van der Waals surface area contributed by atoms with E-state index >= 15 is 0 Å². The Labute approximate surface area is 138 Å². The number of piperidine rings is 1. The Kier molecular flexibility index (Phi) is 5.06. The van der Waals surface area contributed by atoms with Gasteiger partial charge in [-0.2, -0.15) is 0 Å². The van der Waals surface area contributed by atoms with Crippen LogP contribution in [0.5, 0.6) is 0 Å². The zero-order valence-electron chi connectivity index (χ0n) is 13.5. The summed E-state index contributed by atoms with van der Waals surface area (Å²) in [5.74, 6) is 1.13. The molecule has 1 aromatic carbocycles. The van der Waals surface area contributed by atoms with E-state index in [1.165, 1.54) is 24.8 Å². The van der Waals surface area contributed by atoms with Crippen molar-refractivity contribution >= 4 is 11.6 Å². The summed E-state index contributed by atoms with van der Waals surface area (Å²) in [6.45, 7) is 1.24. The van der Waals surface area contributed by atoms with E-state index in [1.54, 1.807) is 0 Å². The molecular weight excluding hydrogens is 299 g/mol. The molecule has 2 fully saturated rings. The van der Waals surface area contributed by atoms with Crippen LogP contribution in [0.15, 0.2) is 24.3 Å². The molecule has 2 aliphatic rings. The molecule has 122 valence electrons. The minimum atomic E-state index is -0.266. The van der Waals surface area contributed by atoms with Crippen molar-refractivity contribution in [3.05, 3.63) is 34.9 Å². The molecule has 1 aromatic rings. The number of nitrogens with zero attached hydrogens (tertiary/aromatic N) is 2. The lowest BCUT2D eigenvalue weighted by Gasteiger charge is -2.44. The molecule has 2 saturated heterocycles. The Balaban J connectivity index is 1.83. The molecule has 2 heterocycles. The Bertz CT molecular complexity index is 492. The maximum absolute atomic E-state index is 12.7. The van der Waals surface area contributed by atoms with Crippen LogP contribution >= 0.6 is 11.6 Å². The maximum Gasteiger partial charge on any atom is 0.102 e. The summed E-state index contributed by atoms with van der Waals surface area (Å²) < 4.78 is 12.7. The van der Waals surface area contributed by atoms with Crippen molar-refractivity contribution in [2.24, 2.45) is 5.92 Å². The molecule has 0 aliphatic carbocycles. The molecule has 4 atom stereocenters. The maximum atomic E-state index is 12.7. The van der Waals surface area contributed by atoms with Crippen LogP contribution < -0.4 is 0 Å². The second-order valence-corrected chi connectivity index (χ2v) is 7.41. The van der Waals surface area contributed by atoms with Gasteiger partial charge in [-0.1, -0.05) is 23.7 Å². The van der Waals surface area contributed by atoms with E-state index < -0.39 is 0 Å². The van der Waals surface area contributed by atoms with Crippen molar-refractivity contribution in [3.8, 4) is 0 Å². The van der Waals surface area contributed by atoms with Crippen LogP contribution in [-0.4, -0.2) is 55.7 Å². The molecule has 0 amide bonds. The van der Waals surface area contributed by atoms with Gasteiger partial charge in [0.25, 0.3) is 0 Å². The van der Waals surface area contributed by atoms with Crippen molar-refractivity contribution < 1.29 is 4.39 Å². The number of fused-ring (bicyclic) bond motifs is 2. The van der Waals surface area contributed by atoms with Crippen LogP contribution in [0.3, 0.4) is 0 Å². The first-order chi connectivity index (χ1) is 10.6. The zero-order chi connectivity index (χ0) is 15.7. The van der Waals surface area contributed by atoms with Gasteiger partial charge in [-0.25, -0.2) is 4.39 Å². The van der Waals surface area contributed by atoms with E-state index in [-0.39, 0.29) is 6.67 Å². The number of hydrogen-bond acceptors (Lipinski definition) is 2. The first-order valence-electron chi connectivity index (χ1n) is 8.32. The van der Waals surface area contributed by atoms with Gasteiger partial charge in [-0.3, -0.25) is 0 Å². The Morgan fingerprint density at radius 1 is 1.27 bits per heavy atom. The fourth-order valence-electron chi connectivity index (χ4n) is 4.52. The highest BCUT2D eigenvalue weighted by Gasteiger charge is 2.45. The predicted octanol–water partition coefficient (Wildman–Crippen LogP) is 3.81. The van der Waals surface area contributed by atoms with Gasteiger partial charge in [0.2, 0.25) is 0 Å². The van der Waals surface area contributed by atoms with Gasteiger partial charge in [0.15, 0.2) is 0 Å². The molecule has 2 nitrogen and oxygen atoms in total. The van der Waals surface area contributed by atoms with Gasteiger partial charge < -0.3 is 9.80 Å². The molecule has 0 saturated carbocycles. The van der Waals surface area contributed by atoms with Gasteiger partial charge >= 0.3 is 0 Å². The molecule has 4 heteroatoms. The van der Waals surface area contributed by atoms with E-state index in [1.807, 2.05) is 19.2 Å². The molecule has 0 N–H and O–H groups in total. The van der Waals surface area contributed by atoms with Crippen LogP contribution in [0.1, 0.15) is 30.7 Å². The summed E-state index contributed by atoms with van der Waals surface area (Å²) in [6.07, 6.45) is 3.79. The van der Waals surface area contributed by atoms with Crippen molar-refractivity contribution in [2.75, 3.05) is 33.9 Å². The predicted molar refractivity (Wildman–Crippen MR) is 90.3 cm³/mol. The van der Waals surface area contributed by atoms with Crippen LogP contribution in [0.4, 0.5) is 4.39 Å². The summed E-state index contributed by atoms with van der Waals surface area (Å²) >= 11 is 6.05. The highest BCUT2D eigenvalue weighted by atomic mass is 35.5. The third kappa shape index (κ3) is 3.17. The van der Waals surface area contributed by atoms with Crippen LogP contribution in [0, 0.1) is 5.92 Å². The molecule has 2 aliphatic heterocycles. The van der Waals surface area contributed by atoms with E-state index in [4.69, 9.17) is 11.6 Å². The van der Waals surface area contributed by atoms with Crippen molar-refractivity contribution in [3.63, 3.8) is 0 Å². The fourth-order valence-corrected chi connectivity index (χ4v) is 4.64. The molecular formula is C18H26ClFN2. The lowest BCUT2D eigenvalue weighted by Crippen LogP contribution is -2.49. The fraction of sp³-hybridized carbons (Fsp3) is 0.667. The molecule has 0 aromatic heterocycles. The second-order valence-electron chi connectivity index (χ2n) is 6.97. The third-order valence-corrected chi connectivity index (χ3v) is 5.97. The van der Waals surface area contributed by atoms with Gasteiger partial charge in [-0.15, -0.1) is 0 Å². The van der Waals surface area contributed by atoms with Crippen molar-refractivity contribution in [1.29, 1.82) is 0 Å². The highest BCUT2D eigenvalue weighted by molar-refractivity contribution is 6.30. The first-order valence-corrected chi connectivity index (χ1v) is 8.70. The summed E-state index contributed by atoms with van der Waals surface area (Å²) in [5, 5.41) is 0.797. The lowest BCUT2D eigenvalue weighted by atomic mass is 9.76. The topological polar surface area (TPSA) is 6.48 Å². The van der Waals surface area contributed by atoms with E-state index in [2.05, 4.69) is 29.0 Å². The van der Waals surface area contributed by atoms with Crippen molar-refractivity contribution in [1.82, 2.24) is 9.80 Å². The van der Waals surface area contributed by atoms with Crippen LogP contribution in [0.2, 0.25) is 5.02 Å². The summed E-state index contributed by atoms with van der Waals surface area (Å²) in [7, 11) is 4.31. The molecule has 2 bridgehead atoms. The molecule has 0 spiro atoms. The molecule has 3 rings (SSSR count). The van der Waals surface area contributed by atoms with Crippen molar-refractivity contribution in [2.45, 2.75) is 37.3 Å². The number of hydrogen-bond donors (Lipinski definition) is 0. The normalized spacial score (nSPS) is 31.9. The Morgan fingerprint density at radius 3 is 2.68 bits per heavy atom. The largest absolute Gasteiger partial charge is 0.303 e. The van der Waals surface area contributed by atoms with Crippen LogP contribution in [0.25, 0.3) is 0 Å². The second kappa shape index (κ2) is 6.86. The quantitative estimate of drug-likeness (QED) is 0.812. The van der Waals surface area contributed by atoms with Gasteiger partial charge in [0, 0.05) is 30.2 Å². The average molecular weight is 325 g/mol. The Morgan fingerprint density at radius 2 is 2.00 bits per heavy atom. The minimum Gasteiger partial charge on any atom is -0.303 e. The van der Waals surface area contributed by atoms with Gasteiger partial charge in [0.05, 0.1) is 0 Å². The molecule has 0 unspecified atom stereocenters. The lowest BCUT2D eigenvalue weighted by molar-refractivity contribution is 0.0760. The first kappa shape index (κ1) is 16.2. The number of rotatable bonds is 5. The summed E-state index contributed by atoms with van der Waals surface area (Å²) in [6, 6.07) is 9.69. The zero-order valence-corrected chi connectivity index (χ0v) is 14.3. The van der Waals surface area contributed by atoms with E-state index in [9.17, 15) is 4.39 Å². The number of alkyl halides is 1. The number of halogens is 2. The average Bonchev–Trinajstić information content (AvgIpc) is 2.74. The number of benzene rings is 1. The van der Waals surface area contributed by atoms with Gasteiger partial charge in [-0.05, 0) is 62.9 Å². The van der Waals surface area contributed by atoms with Gasteiger partial charge in [0.1, 0.15) is 6.67 Å². The van der Waals surface area contributed by atoms with Crippen LogP contribution in [-0.2, 0) is 0 Å².